The molecule has 0 aromatic heterocycles. The van der Waals surface area contributed by atoms with Gasteiger partial charge in [0.15, 0.2) is 5.78 Å². The fourth-order valence-corrected chi connectivity index (χ4v) is 1.97. The van der Waals surface area contributed by atoms with Gasteiger partial charge in [0, 0.05) is 23.0 Å². The van der Waals surface area contributed by atoms with Crippen molar-refractivity contribution in [1.29, 1.82) is 0 Å². The molecule has 1 atom stereocenters. The van der Waals surface area contributed by atoms with Gasteiger partial charge in [-0.3, -0.25) is 4.79 Å². The number of Topliss-reactive ketones (excluding diaryl/α,β-unsaturated/α-hetero) is 1. The molecular weight excluding hydrogens is 222 g/mol. The minimum atomic E-state index is 0.0209. The number of nitrogens with two attached hydrogens (primary N) is 1. The van der Waals surface area contributed by atoms with Gasteiger partial charge in [0.2, 0.25) is 0 Å². The molecule has 1 fully saturated rings. The van der Waals surface area contributed by atoms with Crippen LogP contribution in [0, 0.1) is 12.8 Å². The molecule has 0 radical (unpaired) electrons. The Labute approximate surface area is 101 Å². The fourth-order valence-electron chi connectivity index (χ4n) is 1.79. The largest absolute Gasteiger partial charge is 0.327 e. The van der Waals surface area contributed by atoms with E-state index >= 15 is 0 Å². The third-order valence-electron chi connectivity index (χ3n) is 3.14. The molecule has 1 aromatic carbocycles. The summed E-state index contributed by atoms with van der Waals surface area (Å²) in [7, 11) is 0. The summed E-state index contributed by atoms with van der Waals surface area (Å²) in [4.78, 5) is 11.9. The average molecular weight is 238 g/mol. The molecule has 0 bridgehead atoms. The maximum Gasteiger partial charge on any atom is 0.164 e. The van der Waals surface area contributed by atoms with Crippen LogP contribution in [0.3, 0.4) is 0 Å². The number of ketones is 1. The van der Waals surface area contributed by atoms with Gasteiger partial charge in [0.1, 0.15) is 0 Å². The number of hydrogen-bond acceptors (Lipinski definition) is 2. The predicted octanol–water partition coefficient (Wildman–Crippen LogP) is 2.96. The quantitative estimate of drug-likeness (QED) is 0.819. The van der Waals surface area contributed by atoms with Gasteiger partial charge in [-0.1, -0.05) is 23.7 Å². The van der Waals surface area contributed by atoms with Crippen molar-refractivity contribution < 1.29 is 4.79 Å². The number of aryl methyl sites for hydroxylation is 1. The van der Waals surface area contributed by atoms with Gasteiger partial charge in [0.05, 0.1) is 0 Å². The van der Waals surface area contributed by atoms with Crippen LogP contribution in [-0.2, 0) is 0 Å². The zero-order valence-corrected chi connectivity index (χ0v) is 10.1. The molecule has 1 saturated carbocycles. The predicted molar refractivity (Wildman–Crippen MR) is 65.8 cm³/mol. The van der Waals surface area contributed by atoms with Crippen LogP contribution in [0.4, 0.5) is 0 Å². The van der Waals surface area contributed by atoms with Gasteiger partial charge in [-0.05, 0) is 37.3 Å². The van der Waals surface area contributed by atoms with Crippen LogP contribution in [0.1, 0.15) is 35.2 Å². The van der Waals surface area contributed by atoms with Gasteiger partial charge >= 0.3 is 0 Å². The summed E-state index contributed by atoms with van der Waals surface area (Å²) in [6, 6.07) is 5.45. The van der Waals surface area contributed by atoms with Crippen molar-refractivity contribution in [1.82, 2.24) is 0 Å². The zero-order valence-electron chi connectivity index (χ0n) is 9.37. The first-order chi connectivity index (χ1) is 7.58. The Bertz CT molecular complexity index is 412. The van der Waals surface area contributed by atoms with Gasteiger partial charge in [0.25, 0.3) is 0 Å². The summed E-state index contributed by atoms with van der Waals surface area (Å²) in [6.07, 6.45) is 2.77. The lowest BCUT2D eigenvalue weighted by Gasteiger charge is -2.09. The second-order valence-electron chi connectivity index (χ2n) is 4.59. The van der Waals surface area contributed by atoms with E-state index in [4.69, 9.17) is 17.3 Å². The molecule has 0 amide bonds. The van der Waals surface area contributed by atoms with Crippen molar-refractivity contribution in [3.63, 3.8) is 0 Å². The molecule has 16 heavy (non-hydrogen) atoms. The summed E-state index contributed by atoms with van der Waals surface area (Å²) in [5, 5.41) is 0.644. The number of benzene rings is 1. The molecule has 1 aromatic rings. The summed E-state index contributed by atoms with van der Waals surface area (Å²) in [6.45, 7) is 1.92. The Hall–Kier alpha value is -0.860. The van der Waals surface area contributed by atoms with E-state index in [1.54, 1.807) is 6.07 Å². The molecule has 1 aliphatic rings. The fraction of sp³-hybridized carbons (Fsp3) is 0.462. The zero-order chi connectivity index (χ0) is 11.7. The van der Waals surface area contributed by atoms with Crippen molar-refractivity contribution in [3.8, 4) is 0 Å². The average Bonchev–Trinajstić information content (AvgIpc) is 3.05. The van der Waals surface area contributed by atoms with Crippen LogP contribution in [0.5, 0.6) is 0 Å². The molecule has 0 saturated heterocycles. The van der Waals surface area contributed by atoms with Crippen molar-refractivity contribution in [2.75, 3.05) is 0 Å². The summed E-state index contributed by atoms with van der Waals surface area (Å²) < 4.78 is 0. The lowest BCUT2D eigenvalue weighted by Crippen LogP contribution is -2.25. The van der Waals surface area contributed by atoms with E-state index in [9.17, 15) is 4.79 Å². The van der Waals surface area contributed by atoms with Gasteiger partial charge in [-0.15, -0.1) is 0 Å². The van der Waals surface area contributed by atoms with E-state index in [0.29, 0.717) is 22.9 Å². The van der Waals surface area contributed by atoms with Crippen molar-refractivity contribution >= 4 is 17.4 Å². The van der Waals surface area contributed by atoms with Crippen LogP contribution in [0.2, 0.25) is 5.02 Å². The first-order valence-electron chi connectivity index (χ1n) is 5.63. The number of rotatable bonds is 4. The molecule has 0 aliphatic heterocycles. The Morgan fingerprint density at radius 2 is 2.25 bits per heavy atom. The van der Waals surface area contributed by atoms with E-state index in [0.717, 1.165) is 5.56 Å². The minimum absolute atomic E-state index is 0.0209. The summed E-state index contributed by atoms with van der Waals surface area (Å²) in [5.41, 5.74) is 7.59. The maximum atomic E-state index is 11.9. The lowest BCUT2D eigenvalue weighted by atomic mass is 10.0. The third kappa shape index (κ3) is 2.63. The molecule has 0 spiro atoms. The minimum Gasteiger partial charge on any atom is -0.327 e. The second-order valence-corrected chi connectivity index (χ2v) is 5.00. The highest BCUT2D eigenvalue weighted by molar-refractivity contribution is 6.31. The molecule has 86 valence electrons. The normalized spacial score (nSPS) is 17.2. The van der Waals surface area contributed by atoms with E-state index in [1.807, 2.05) is 19.1 Å². The molecule has 3 heteroatoms. The van der Waals surface area contributed by atoms with E-state index in [2.05, 4.69) is 0 Å². The molecular formula is C13H16ClNO. The van der Waals surface area contributed by atoms with Crippen LogP contribution in [-0.4, -0.2) is 11.8 Å². The third-order valence-corrected chi connectivity index (χ3v) is 3.55. The van der Waals surface area contributed by atoms with Gasteiger partial charge in [-0.25, -0.2) is 0 Å². The molecule has 2 N–H and O–H groups in total. The van der Waals surface area contributed by atoms with Crippen molar-refractivity contribution in [2.24, 2.45) is 11.7 Å². The molecule has 1 aliphatic carbocycles. The molecule has 2 rings (SSSR count). The highest BCUT2D eigenvalue weighted by Gasteiger charge is 2.29. The van der Waals surface area contributed by atoms with E-state index in [1.165, 1.54) is 12.8 Å². The number of halogens is 1. The summed E-state index contributed by atoms with van der Waals surface area (Å²) >= 11 is 5.99. The standard InChI is InChI=1S/C13H16ClNO/c1-8-2-3-10(6-11(8)14)13(16)7-12(15)9-4-5-9/h2-3,6,9,12H,4-5,7,15H2,1H3. The van der Waals surface area contributed by atoms with Gasteiger partial charge < -0.3 is 5.73 Å². The molecule has 1 unspecified atom stereocenters. The van der Waals surface area contributed by atoms with E-state index < -0.39 is 0 Å². The Kier molecular flexibility index (Phi) is 3.31. The van der Waals surface area contributed by atoms with Crippen LogP contribution in [0.15, 0.2) is 18.2 Å². The van der Waals surface area contributed by atoms with Crippen LogP contribution < -0.4 is 5.73 Å². The molecule has 0 heterocycles. The second kappa shape index (κ2) is 4.56. The Morgan fingerprint density at radius 3 is 2.81 bits per heavy atom. The highest BCUT2D eigenvalue weighted by Crippen LogP contribution is 2.33. The smallest absolute Gasteiger partial charge is 0.164 e. The summed E-state index contributed by atoms with van der Waals surface area (Å²) in [5.74, 6) is 0.658. The van der Waals surface area contributed by atoms with Crippen LogP contribution in [0.25, 0.3) is 0 Å². The topological polar surface area (TPSA) is 43.1 Å². The number of carbonyl (C=O) groups is 1. The molecule has 2 nitrogen and oxygen atoms in total. The van der Waals surface area contributed by atoms with Crippen molar-refractivity contribution in [2.45, 2.75) is 32.2 Å². The Morgan fingerprint density at radius 1 is 1.56 bits per heavy atom. The number of carbonyl (C=O) groups excluding carboxylic acids is 1. The first-order valence-corrected chi connectivity index (χ1v) is 6.00. The first kappa shape index (κ1) is 11.6. The maximum absolute atomic E-state index is 11.9. The number of hydrogen-bond donors (Lipinski definition) is 1. The SMILES string of the molecule is Cc1ccc(C(=O)CC(N)C2CC2)cc1Cl. The lowest BCUT2D eigenvalue weighted by molar-refractivity contribution is 0.0971. The monoisotopic (exact) mass is 237 g/mol. The highest BCUT2D eigenvalue weighted by atomic mass is 35.5. The van der Waals surface area contributed by atoms with Crippen molar-refractivity contribution in [3.05, 3.63) is 34.3 Å². The Balaban J connectivity index is 2.05. The van der Waals surface area contributed by atoms with Gasteiger partial charge in [-0.2, -0.15) is 0 Å². The van der Waals surface area contributed by atoms with Crippen LogP contribution >= 0.6 is 11.6 Å². The van der Waals surface area contributed by atoms with E-state index in [-0.39, 0.29) is 11.8 Å².